The maximum Gasteiger partial charge on any atom is 0.417 e. The molecular weight excluding hydrogens is 413 g/mol. The molecule has 0 saturated carbocycles. The van der Waals surface area contributed by atoms with Crippen molar-refractivity contribution in [1.82, 2.24) is 9.97 Å². The number of nitrogens with zero attached hydrogens (tertiary/aromatic N) is 3. The van der Waals surface area contributed by atoms with Crippen molar-refractivity contribution in [2.75, 3.05) is 16.2 Å². The second-order valence-electron chi connectivity index (χ2n) is 5.61. The maximum absolute atomic E-state index is 13.0. The van der Waals surface area contributed by atoms with Crippen LogP contribution in [-0.2, 0) is 6.18 Å². The molecule has 12 heteroatoms. The number of halogens is 4. The molecule has 1 aromatic heterocycles. The van der Waals surface area contributed by atoms with Gasteiger partial charge in [0.15, 0.2) is 0 Å². The van der Waals surface area contributed by atoms with Crippen LogP contribution in [0.4, 0.5) is 41.9 Å². The number of nitrogens with one attached hydrogen (secondary N) is 3. The molecule has 29 heavy (non-hydrogen) atoms. The number of anilines is 4. The van der Waals surface area contributed by atoms with Gasteiger partial charge in [0.1, 0.15) is 6.33 Å². The van der Waals surface area contributed by atoms with E-state index in [1.54, 1.807) is 30.3 Å². The number of para-hydroxylation sites is 1. The Kier molecular flexibility index (Phi) is 5.69. The van der Waals surface area contributed by atoms with Crippen molar-refractivity contribution in [3.63, 3.8) is 0 Å². The van der Waals surface area contributed by atoms with E-state index in [0.29, 0.717) is 5.69 Å². The average Bonchev–Trinajstić information content (AvgIpc) is 2.67. The first-order valence-electron chi connectivity index (χ1n) is 7.96. The minimum atomic E-state index is -4.68. The van der Waals surface area contributed by atoms with Gasteiger partial charge in [-0.15, -0.1) is 0 Å². The van der Waals surface area contributed by atoms with Gasteiger partial charge in [-0.05, 0) is 30.3 Å². The molecule has 0 fully saturated rings. The van der Waals surface area contributed by atoms with Gasteiger partial charge in [0.25, 0.3) is 0 Å². The van der Waals surface area contributed by atoms with Crippen molar-refractivity contribution in [3.05, 3.63) is 75.6 Å². The predicted octanol–water partition coefficient (Wildman–Crippen LogP) is 5.24. The number of aromatic nitrogens is 2. The Bertz CT molecular complexity index is 1030. The van der Waals surface area contributed by atoms with Crippen LogP contribution in [-0.4, -0.2) is 14.9 Å². The SMILES string of the molecule is O=[N+]([O-])c1c(NNc2ccccc2)ncnc1Nc1ccc(Cl)c(C(F)(F)F)c1. The van der Waals surface area contributed by atoms with E-state index in [-0.39, 0.29) is 17.3 Å². The number of nitro groups is 1. The van der Waals surface area contributed by atoms with E-state index in [2.05, 4.69) is 26.1 Å². The molecule has 3 N–H and O–H groups in total. The van der Waals surface area contributed by atoms with Gasteiger partial charge in [0.2, 0.25) is 11.6 Å². The molecule has 0 amide bonds. The Morgan fingerprint density at radius 1 is 0.966 bits per heavy atom. The van der Waals surface area contributed by atoms with E-state index in [9.17, 15) is 23.3 Å². The Morgan fingerprint density at radius 2 is 1.66 bits per heavy atom. The zero-order valence-electron chi connectivity index (χ0n) is 14.4. The van der Waals surface area contributed by atoms with E-state index >= 15 is 0 Å². The summed E-state index contributed by atoms with van der Waals surface area (Å²) in [6.45, 7) is 0. The predicted molar refractivity (Wildman–Crippen MR) is 102 cm³/mol. The zero-order valence-corrected chi connectivity index (χ0v) is 15.1. The molecule has 0 unspecified atom stereocenters. The molecule has 0 radical (unpaired) electrons. The monoisotopic (exact) mass is 424 g/mol. The van der Waals surface area contributed by atoms with Crippen LogP contribution in [0.25, 0.3) is 0 Å². The molecule has 3 rings (SSSR count). The molecule has 1 heterocycles. The summed E-state index contributed by atoms with van der Waals surface area (Å²) < 4.78 is 39.1. The van der Waals surface area contributed by atoms with E-state index in [1.165, 1.54) is 6.07 Å². The van der Waals surface area contributed by atoms with Gasteiger partial charge in [-0.2, -0.15) is 13.2 Å². The molecule has 8 nitrogen and oxygen atoms in total. The van der Waals surface area contributed by atoms with Crippen molar-refractivity contribution < 1.29 is 18.1 Å². The van der Waals surface area contributed by atoms with Gasteiger partial charge >= 0.3 is 11.9 Å². The number of hydrogen-bond acceptors (Lipinski definition) is 7. The summed E-state index contributed by atoms with van der Waals surface area (Å²) in [7, 11) is 0. The summed E-state index contributed by atoms with van der Waals surface area (Å²) in [6, 6.07) is 11.8. The molecule has 0 saturated heterocycles. The third kappa shape index (κ3) is 4.82. The summed E-state index contributed by atoms with van der Waals surface area (Å²) >= 11 is 5.59. The van der Waals surface area contributed by atoms with Crippen LogP contribution in [0, 0.1) is 10.1 Å². The lowest BCUT2D eigenvalue weighted by atomic mass is 10.2. The van der Waals surface area contributed by atoms with Crippen molar-refractivity contribution in [2.45, 2.75) is 6.18 Å². The molecule has 3 aromatic rings. The molecule has 0 bridgehead atoms. The molecule has 0 aliphatic carbocycles. The topological polar surface area (TPSA) is 105 Å². The first kappa shape index (κ1) is 20.1. The number of alkyl halides is 3. The summed E-state index contributed by atoms with van der Waals surface area (Å²) in [5.74, 6) is -0.473. The summed E-state index contributed by atoms with van der Waals surface area (Å²) in [5.41, 5.74) is 4.24. The Morgan fingerprint density at radius 3 is 2.31 bits per heavy atom. The molecule has 2 aromatic carbocycles. The summed E-state index contributed by atoms with van der Waals surface area (Å²) in [5, 5.41) is 13.6. The van der Waals surface area contributed by atoms with Crippen LogP contribution in [0.5, 0.6) is 0 Å². The van der Waals surface area contributed by atoms with Gasteiger partial charge in [-0.25, -0.2) is 9.97 Å². The lowest BCUT2D eigenvalue weighted by Crippen LogP contribution is -2.13. The van der Waals surface area contributed by atoms with Crippen LogP contribution >= 0.6 is 11.6 Å². The largest absolute Gasteiger partial charge is 0.417 e. The number of hydrazine groups is 1. The zero-order chi connectivity index (χ0) is 21.0. The average molecular weight is 425 g/mol. The van der Waals surface area contributed by atoms with Crippen molar-refractivity contribution in [3.8, 4) is 0 Å². The number of benzene rings is 2. The van der Waals surface area contributed by atoms with Crippen molar-refractivity contribution in [1.29, 1.82) is 0 Å². The van der Waals surface area contributed by atoms with Gasteiger partial charge in [0.05, 0.1) is 21.2 Å². The second-order valence-corrected chi connectivity index (χ2v) is 6.02. The third-order valence-electron chi connectivity index (χ3n) is 3.64. The van der Waals surface area contributed by atoms with E-state index in [0.717, 1.165) is 18.5 Å². The van der Waals surface area contributed by atoms with E-state index < -0.39 is 27.4 Å². The summed E-state index contributed by atoms with van der Waals surface area (Å²) in [6.07, 6.45) is -3.65. The van der Waals surface area contributed by atoms with Crippen molar-refractivity contribution in [2.24, 2.45) is 0 Å². The number of hydrogen-bond donors (Lipinski definition) is 3. The highest BCUT2D eigenvalue weighted by atomic mass is 35.5. The van der Waals surface area contributed by atoms with Crippen LogP contribution in [0.1, 0.15) is 5.56 Å². The normalized spacial score (nSPS) is 11.0. The van der Waals surface area contributed by atoms with Gasteiger partial charge in [-0.1, -0.05) is 29.8 Å². The standard InChI is InChI=1S/C17H12ClF3N6O2/c18-13-7-6-11(8-12(13)17(19,20)21)24-15-14(27(28)29)16(23-9-22-15)26-25-10-4-2-1-3-5-10/h1-9,25H,(H2,22,23,24,26). The minimum absolute atomic E-state index is 0.0782. The van der Waals surface area contributed by atoms with Gasteiger partial charge in [-0.3, -0.25) is 21.0 Å². The van der Waals surface area contributed by atoms with Crippen LogP contribution < -0.4 is 16.2 Å². The fraction of sp³-hybridized carbons (Fsp3) is 0.0588. The highest BCUT2D eigenvalue weighted by Gasteiger charge is 2.33. The first-order chi connectivity index (χ1) is 13.8. The highest BCUT2D eigenvalue weighted by Crippen LogP contribution is 2.38. The molecule has 0 aliphatic rings. The van der Waals surface area contributed by atoms with Crippen molar-refractivity contribution >= 4 is 40.3 Å². The Labute approximate surface area is 166 Å². The molecular formula is C17H12ClF3N6O2. The molecule has 150 valence electrons. The fourth-order valence-electron chi connectivity index (χ4n) is 2.34. The third-order valence-corrected chi connectivity index (χ3v) is 3.97. The minimum Gasteiger partial charge on any atom is -0.334 e. The number of rotatable bonds is 6. The Balaban J connectivity index is 1.91. The second kappa shape index (κ2) is 8.19. The quantitative estimate of drug-likeness (QED) is 0.367. The molecule has 0 spiro atoms. The fourth-order valence-corrected chi connectivity index (χ4v) is 2.57. The lowest BCUT2D eigenvalue weighted by Gasteiger charge is -2.13. The van der Waals surface area contributed by atoms with E-state index in [1.807, 2.05) is 0 Å². The van der Waals surface area contributed by atoms with Crippen LogP contribution in [0.2, 0.25) is 5.02 Å². The van der Waals surface area contributed by atoms with Crippen LogP contribution in [0.15, 0.2) is 54.9 Å². The highest BCUT2D eigenvalue weighted by molar-refractivity contribution is 6.31. The molecule has 0 aliphatic heterocycles. The summed E-state index contributed by atoms with van der Waals surface area (Å²) in [4.78, 5) is 18.4. The van der Waals surface area contributed by atoms with Crippen LogP contribution in [0.3, 0.4) is 0 Å². The van der Waals surface area contributed by atoms with Gasteiger partial charge < -0.3 is 5.32 Å². The Hall–Kier alpha value is -3.60. The van der Waals surface area contributed by atoms with Gasteiger partial charge in [0, 0.05) is 5.69 Å². The lowest BCUT2D eigenvalue weighted by molar-refractivity contribution is -0.383. The first-order valence-corrected chi connectivity index (χ1v) is 8.33. The van der Waals surface area contributed by atoms with E-state index in [4.69, 9.17) is 11.6 Å². The smallest absolute Gasteiger partial charge is 0.334 e. The molecule has 0 atom stereocenters. The maximum atomic E-state index is 13.0.